The topological polar surface area (TPSA) is 97.8 Å². The number of thiazole rings is 1. The lowest BCUT2D eigenvalue weighted by Gasteiger charge is -2.13. The Bertz CT molecular complexity index is 1060. The van der Waals surface area contributed by atoms with Crippen molar-refractivity contribution in [2.75, 3.05) is 26.1 Å². The number of aromatic nitrogens is 1. The maximum Gasteiger partial charge on any atom is 0.350 e. The molecule has 0 bridgehead atoms. The van der Waals surface area contributed by atoms with Crippen molar-refractivity contribution in [3.63, 3.8) is 0 Å². The number of aryl methyl sites for hydroxylation is 1. The summed E-state index contributed by atoms with van der Waals surface area (Å²) in [5.41, 5.74) is 1.33. The van der Waals surface area contributed by atoms with Crippen molar-refractivity contribution in [3.8, 4) is 5.75 Å². The first-order valence-electron chi connectivity index (χ1n) is 9.07. The number of methoxy groups -OCH3 is 2. The number of thioether (sulfide) groups is 1. The minimum absolute atomic E-state index is 0.0362. The molecule has 0 radical (unpaired) electrons. The largest absolute Gasteiger partial charge is 0.497 e. The van der Waals surface area contributed by atoms with Crippen LogP contribution in [-0.4, -0.2) is 52.8 Å². The monoisotopic (exact) mass is 477 g/mol. The molecule has 1 aliphatic heterocycles. The number of amides is 2. The maximum absolute atomic E-state index is 12.7. The molecule has 11 heteroatoms. The van der Waals surface area contributed by atoms with E-state index in [9.17, 15) is 14.4 Å². The molecule has 1 saturated heterocycles. The number of anilines is 1. The average Bonchev–Trinajstić information content (AvgIpc) is 3.25. The van der Waals surface area contributed by atoms with E-state index in [2.05, 4.69) is 15.0 Å². The third kappa shape index (κ3) is 5.49. The fourth-order valence-electron chi connectivity index (χ4n) is 2.67. The van der Waals surface area contributed by atoms with Crippen molar-refractivity contribution in [3.05, 3.63) is 45.3 Å². The first-order chi connectivity index (χ1) is 14.8. The van der Waals surface area contributed by atoms with Crippen molar-refractivity contribution < 1.29 is 23.9 Å². The minimum Gasteiger partial charge on any atom is -0.497 e. The van der Waals surface area contributed by atoms with Gasteiger partial charge >= 0.3 is 5.97 Å². The zero-order valence-electron chi connectivity index (χ0n) is 17.0. The second-order valence-corrected chi connectivity index (χ2v) is 9.00. The van der Waals surface area contributed by atoms with Crippen LogP contribution in [0.2, 0.25) is 0 Å². The van der Waals surface area contributed by atoms with Gasteiger partial charge in [-0.05, 0) is 30.7 Å². The molecule has 1 fully saturated rings. The van der Waals surface area contributed by atoms with E-state index >= 15 is 0 Å². The van der Waals surface area contributed by atoms with Gasteiger partial charge in [-0.25, -0.2) is 9.78 Å². The molecule has 0 saturated carbocycles. The SMILES string of the molecule is COC(=O)c1sc(NC(=O)CCN2C(=O)C(=Cc3ccc(OC)cc3)SC2=S)nc1C. The van der Waals surface area contributed by atoms with Crippen molar-refractivity contribution in [2.24, 2.45) is 0 Å². The van der Waals surface area contributed by atoms with Crippen molar-refractivity contribution >= 4 is 68.6 Å². The molecular formula is C20H19N3O5S3. The Labute approximate surface area is 192 Å². The number of benzene rings is 1. The summed E-state index contributed by atoms with van der Waals surface area (Å²) >= 11 is 7.54. The van der Waals surface area contributed by atoms with Crippen molar-refractivity contribution in [1.82, 2.24) is 9.88 Å². The molecule has 2 heterocycles. The molecule has 0 spiro atoms. The molecule has 1 aromatic carbocycles. The maximum atomic E-state index is 12.7. The van der Waals surface area contributed by atoms with E-state index in [4.69, 9.17) is 17.0 Å². The number of nitrogens with one attached hydrogen (secondary N) is 1. The standard InChI is InChI=1S/C20H19N3O5S3/c1-11-16(18(26)28-3)31-19(21-11)22-15(24)8-9-23-17(25)14(30-20(23)29)10-12-4-6-13(27-2)7-5-12/h4-7,10H,8-9H2,1-3H3,(H,21,22,24). The van der Waals surface area contributed by atoms with Crippen LogP contribution in [0.5, 0.6) is 5.75 Å². The number of carbonyl (C=O) groups is 3. The van der Waals surface area contributed by atoms with Gasteiger partial charge < -0.3 is 14.8 Å². The molecule has 2 amide bonds. The average molecular weight is 478 g/mol. The summed E-state index contributed by atoms with van der Waals surface area (Å²) in [5, 5.41) is 2.94. The Kier molecular flexibility index (Phi) is 7.42. The molecular weight excluding hydrogens is 458 g/mol. The number of hydrogen-bond donors (Lipinski definition) is 1. The van der Waals surface area contributed by atoms with Crippen LogP contribution in [0.4, 0.5) is 5.13 Å². The number of hydrogen-bond acceptors (Lipinski definition) is 9. The summed E-state index contributed by atoms with van der Waals surface area (Å²) < 4.78 is 10.2. The van der Waals surface area contributed by atoms with Crippen molar-refractivity contribution in [1.29, 1.82) is 0 Å². The second-order valence-electron chi connectivity index (χ2n) is 6.33. The molecule has 1 aromatic heterocycles. The summed E-state index contributed by atoms with van der Waals surface area (Å²) in [5.74, 6) is -0.350. The molecule has 1 aliphatic rings. The first kappa shape index (κ1) is 22.9. The van der Waals surface area contributed by atoms with Gasteiger partial charge in [0.05, 0.1) is 24.8 Å². The van der Waals surface area contributed by atoms with Crippen molar-refractivity contribution in [2.45, 2.75) is 13.3 Å². The number of ether oxygens (including phenoxy) is 2. The highest BCUT2D eigenvalue weighted by molar-refractivity contribution is 8.26. The molecule has 162 valence electrons. The van der Waals surface area contributed by atoms with Crippen LogP contribution in [0.25, 0.3) is 6.08 Å². The quantitative estimate of drug-likeness (QED) is 0.368. The Hall–Kier alpha value is -2.76. The highest BCUT2D eigenvalue weighted by atomic mass is 32.2. The third-order valence-electron chi connectivity index (χ3n) is 4.26. The Morgan fingerprint density at radius 3 is 2.61 bits per heavy atom. The Morgan fingerprint density at radius 2 is 1.97 bits per heavy atom. The first-order valence-corrected chi connectivity index (χ1v) is 11.1. The summed E-state index contributed by atoms with van der Waals surface area (Å²) in [6.07, 6.45) is 1.79. The number of esters is 1. The Morgan fingerprint density at radius 1 is 1.26 bits per heavy atom. The predicted octanol–water partition coefficient (Wildman–Crippen LogP) is 3.48. The van der Waals surface area contributed by atoms with Crippen LogP contribution < -0.4 is 10.1 Å². The molecule has 8 nitrogen and oxygen atoms in total. The molecule has 1 N–H and O–H groups in total. The highest BCUT2D eigenvalue weighted by Crippen LogP contribution is 2.33. The van der Waals surface area contributed by atoms with E-state index in [1.165, 1.54) is 23.8 Å². The molecule has 0 aliphatic carbocycles. The Balaban J connectivity index is 1.59. The summed E-state index contributed by atoms with van der Waals surface area (Å²) in [6, 6.07) is 7.31. The van der Waals surface area contributed by atoms with Gasteiger partial charge in [-0.1, -0.05) is 47.4 Å². The summed E-state index contributed by atoms with van der Waals surface area (Å²) in [6.45, 7) is 1.80. The lowest BCUT2D eigenvalue weighted by atomic mass is 10.2. The third-order valence-corrected chi connectivity index (χ3v) is 6.69. The van der Waals surface area contributed by atoms with Gasteiger partial charge in [0.15, 0.2) is 5.13 Å². The molecule has 0 unspecified atom stereocenters. The smallest absolute Gasteiger partial charge is 0.350 e. The summed E-state index contributed by atoms with van der Waals surface area (Å²) in [4.78, 5) is 43.1. The van der Waals surface area contributed by atoms with Crippen LogP contribution in [0.15, 0.2) is 29.2 Å². The predicted molar refractivity (Wildman–Crippen MR) is 124 cm³/mol. The van der Waals surface area contributed by atoms with Gasteiger partial charge in [0.25, 0.3) is 5.91 Å². The van der Waals surface area contributed by atoms with Gasteiger partial charge in [0.1, 0.15) is 14.9 Å². The van der Waals surface area contributed by atoms with E-state index in [0.717, 1.165) is 22.6 Å². The molecule has 3 rings (SSSR count). The van der Waals surface area contributed by atoms with Gasteiger partial charge in [0, 0.05) is 13.0 Å². The van der Waals surface area contributed by atoms with Crippen LogP contribution in [0, 0.1) is 6.92 Å². The van der Waals surface area contributed by atoms with Gasteiger partial charge in [0.2, 0.25) is 5.91 Å². The zero-order valence-corrected chi connectivity index (χ0v) is 19.4. The lowest BCUT2D eigenvalue weighted by Crippen LogP contribution is -2.31. The normalized spacial score (nSPS) is 14.8. The van der Waals surface area contributed by atoms with Gasteiger partial charge in [-0.3, -0.25) is 14.5 Å². The van der Waals surface area contributed by atoms with E-state index in [1.807, 2.05) is 24.3 Å². The van der Waals surface area contributed by atoms with Crippen LogP contribution in [0.3, 0.4) is 0 Å². The van der Waals surface area contributed by atoms with Gasteiger partial charge in [-0.15, -0.1) is 0 Å². The van der Waals surface area contributed by atoms with E-state index in [-0.39, 0.29) is 24.8 Å². The van der Waals surface area contributed by atoms with E-state index in [1.54, 1.807) is 20.1 Å². The van der Waals surface area contributed by atoms with Gasteiger partial charge in [-0.2, -0.15) is 0 Å². The summed E-state index contributed by atoms with van der Waals surface area (Å²) in [7, 11) is 2.87. The second kappa shape index (κ2) is 10.0. The molecule has 0 atom stereocenters. The highest BCUT2D eigenvalue weighted by Gasteiger charge is 2.32. The van der Waals surface area contributed by atoms with E-state index < -0.39 is 5.97 Å². The number of carbonyl (C=O) groups excluding carboxylic acids is 3. The number of rotatable bonds is 7. The van der Waals surface area contributed by atoms with E-state index in [0.29, 0.717) is 24.9 Å². The molecule has 31 heavy (non-hydrogen) atoms. The van der Waals surface area contributed by atoms with Crippen LogP contribution in [0.1, 0.15) is 27.3 Å². The fourth-order valence-corrected chi connectivity index (χ4v) is 4.88. The molecule has 2 aromatic rings. The van der Waals surface area contributed by atoms with Crippen LogP contribution >= 0.6 is 35.3 Å². The number of nitrogens with zero attached hydrogens (tertiary/aromatic N) is 2. The van der Waals surface area contributed by atoms with Crippen LogP contribution in [-0.2, 0) is 14.3 Å². The fraction of sp³-hybridized carbons (Fsp3) is 0.250. The number of thiocarbonyl (C=S) groups is 1. The zero-order chi connectivity index (χ0) is 22.5. The lowest BCUT2D eigenvalue weighted by molar-refractivity contribution is -0.122. The minimum atomic E-state index is -0.503.